The van der Waals surface area contributed by atoms with Crippen LogP contribution in [0.25, 0.3) is 0 Å². The van der Waals surface area contributed by atoms with Gasteiger partial charge in [-0.3, -0.25) is 0 Å². The molecule has 4 aliphatic heterocycles. The van der Waals surface area contributed by atoms with Crippen LogP contribution < -0.4 is 0 Å². The van der Waals surface area contributed by atoms with Crippen molar-refractivity contribution in [2.45, 2.75) is 190 Å². The molecule has 12 atom stereocenters. The number of allylic oxidation sites excluding steroid dienone is 8. The summed E-state index contributed by atoms with van der Waals surface area (Å²) in [6.45, 7) is 7.40. The fraction of sp³-hybridized carbons (Fsp3) is 0.860. The van der Waals surface area contributed by atoms with Crippen LogP contribution in [0, 0.1) is 0 Å². The Morgan fingerprint density at radius 3 is 0.684 bits per heavy atom. The van der Waals surface area contributed by atoms with Crippen LogP contribution in [0.2, 0.25) is 0 Å². The van der Waals surface area contributed by atoms with Gasteiger partial charge in [-0.15, -0.1) is 0 Å². The van der Waals surface area contributed by atoms with Gasteiger partial charge in [-0.25, -0.2) is 13.2 Å². The predicted octanol–water partition coefficient (Wildman–Crippen LogP) is 9.36. The van der Waals surface area contributed by atoms with E-state index in [2.05, 4.69) is 55.5 Å². The molecule has 0 aromatic heterocycles. The molecule has 0 radical (unpaired) electrons. The number of alkyl halides is 3. The van der Waals surface area contributed by atoms with E-state index in [1.54, 1.807) is 0 Å². The number of fused-ring (bicyclic) bond motifs is 4. The maximum absolute atomic E-state index is 11.9. The standard InChI is InChI=1S/2C16H27FO5.C13H22O3.C12H19FO3/c2*17-7-8-18-9-10-19-11-12-20-13-16-21-14-5-3-1-2-4-6-15(14)22-16;1-2-9-14-10-13-15-11-7-5-3-4-6-8-12(11)16-13;13-7-8-14-9-12-15-10-5-3-1-2-4-6-11(10)16-12/h2*1-2,14-16H,3-13H2;3-4,11-13H,2,5-10H2,1H3;1-2,10-12H,3-9H2/b2*2-1+;4-3+;2-1+/t2*14-,15?,16?;11-,12?,13?;10-,11?,12?/m0000/s1/i2*17-1;;13-1. The largest absolute Gasteiger partial charge is 0.377 e. The molecule has 4 heterocycles. The minimum Gasteiger partial charge on any atom is -0.377 e. The lowest BCUT2D eigenvalue weighted by Gasteiger charge is -2.16. The summed E-state index contributed by atoms with van der Waals surface area (Å²) in [5.74, 6) is 0. The zero-order valence-electron chi connectivity index (χ0n) is 45.7. The quantitative estimate of drug-likeness (QED) is 0.0541. The third-order valence-corrected chi connectivity index (χ3v) is 13.4. The molecule has 0 aromatic rings. The van der Waals surface area contributed by atoms with Crippen molar-refractivity contribution in [3.05, 3.63) is 48.6 Å². The summed E-state index contributed by atoms with van der Waals surface area (Å²) in [7, 11) is 0. The van der Waals surface area contributed by atoms with Gasteiger partial charge in [-0.1, -0.05) is 55.5 Å². The zero-order valence-corrected chi connectivity index (χ0v) is 45.7. The van der Waals surface area contributed by atoms with Gasteiger partial charge in [0, 0.05) is 6.61 Å². The van der Waals surface area contributed by atoms with E-state index in [0.717, 1.165) is 116 Å². The first-order valence-corrected chi connectivity index (χ1v) is 28.7. The van der Waals surface area contributed by atoms with Crippen molar-refractivity contribution in [2.24, 2.45) is 0 Å². The summed E-state index contributed by atoms with van der Waals surface area (Å²) in [6, 6.07) is 0. The molecule has 19 heteroatoms. The van der Waals surface area contributed by atoms with Crippen LogP contribution in [-0.2, 0) is 75.8 Å². The Kier molecular flexibility index (Phi) is 36.7. The normalized spacial score (nSPS) is 32.6. The van der Waals surface area contributed by atoms with Crippen molar-refractivity contribution in [1.82, 2.24) is 0 Å². The highest BCUT2D eigenvalue weighted by Crippen LogP contribution is 2.31. The van der Waals surface area contributed by atoms with Crippen molar-refractivity contribution in [2.75, 3.05) is 126 Å². The Labute approximate surface area is 452 Å². The van der Waals surface area contributed by atoms with E-state index in [-0.39, 0.29) is 93.8 Å². The smallest absolute Gasteiger partial charge is 0.181 e. The summed E-state index contributed by atoms with van der Waals surface area (Å²) >= 11 is 0. The fourth-order valence-electron chi connectivity index (χ4n) is 9.67. The SMILES string of the molecule is CCCOCC1OC2CC/C=C/CC[C@@H]2O1.[18F]CCOCC1OC2CC/C=C/CC[C@@H]2O1.[18F]CCOCCOCCOCC1OC2CC/C=C/CC[C@@H]2O1.[18F]CCOCCOCCOCC1OC2CC/C=C/CC[C@@H]2O1. The van der Waals surface area contributed by atoms with Gasteiger partial charge in [0.25, 0.3) is 0 Å². The fourth-order valence-corrected chi connectivity index (χ4v) is 9.67. The molecule has 4 fully saturated rings. The molecular weight excluding hydrogens is 995 g/mol. The van der Waals surface area contributed by atoms with Crippen molar-refractivity contribution >= 4 is 0 Å². The highest BCUT2D eigenvalue weighted by atomic mass is 18.2. The highest BCUT2D eigenvalue weighted by Gasteiger charge is 2.38. The molecule has 0 spiro atoms. The molecule has 0 bridgehead atoms. The first kappa shape index (κ1) is 64.9. The molecule has 8 aliphatic rings. The van der Waals surface area contributed by atoms with Gasteiger partial charge in [-0.05, 0) is 109 Å². The zero-order chi connectivity index (χ0) is 53.4. The van der Waals surface area contributed by atoms with Gasteiger partial charge in [0.05, 0.1) is 148 Å². The molecule has 0 saturated carbocycles. The lowest BCUT2D eigenvalue weighted by atomic mass is 10.0. The third-order valence-electron chi connectivity index (χ3n) is 13.4. The monoisotopic (exact) mass is 1090 g/mol. The third kappa shape index (κ3) is 28.0. The predicted molar refractivity (Wildman–Crippen MR) is 279 cm³/mol. The lowest BCUT2D eigenvalue weighted by Crippen LogP contribution is -2.22. The Morgan fingerprint density at radius 2 is 0.461 bits per heavy atom. The molecule has 0 amide bonds. The second-order valence-electron chi connectivity index (χ2n) is 19.4. The number of rotatable bonds is 28. The van der Waals surface area contributed by atoms with Gasteiger partial charge in [0.2, 0.25) is 0 Å². The Morgan fingerprint density at radius 1 is 0.276 bits per heavy atom. The lowest BCUT2D eigenvalue weighted by molar-refractivity contribution is -0.117. The minimum absolute atomic E-state index is 0.125. The second-order valence-corrected chi connectivity index (χ2v) is 19.4. The average molecular weight is 1090 g/mol. The average Bonchev–Trinajstić information content (AvgIpc) is 4.18. The summed E-state index contributed by atoms with van der Waals surface area (Å²) < 4.78 is 124. The van der Waals surface area contributed by atoms with Crippen LogP contribution >= 0.6 is 0 Å². The Bertz CT molecular complexity index is 1340. The molecule has 8 rings (SSSR count). The number of hydrogen-bond donors (Lipinski definition) is 0. The highest BCUT2D eigenvalue weighted by molar-refractivity contribution is 4.94. The van der Waals surface area contributed by atoms with Crippen LogP contribution in [0.5, 0.6) is 0 Å². The molecule has 8 unspecified atom stereocenters. The first-order chi connectivity index (χ1) is 37.6. The Balaban J connectivity index is 0.000000189. The van der Waals surface area contributed by atoms with Gasteiger partial charge < -0.3 is 75.8 Å². The molecule has 4 saturated heterocycles. The first-order valence-electron chi connectivity index (χ1n) is 28.7. The molecule has 16 nitrogen and oxygen atoms in total. The van der Waals surface area contributed by atoms with Crippen molar-refractivity contribution in [1.29, 1.82) is 0 Å². The van der Waals surface area contributed by atoms with Crippen LogP contribution in [0.1, 0.15) is 116 Å². The molecular formula is C57H95F3O16. The molecule has 0 aromatic carbocycles. The number of ether oxygens (including phenoxy) is 16. The molecule has 4 aliphatic carbocycles. The van der Waals surface area contributed by atoms with E-state index >= 15 is 0 Å². The van der Waals surface area contributed by atoms with Crippen molar-refractivity contribution < 1.29 is 89.0 Å². The minimum atomic E-state index is -0.456. The van der Waals surface area contributed by atoms with Crippen molar-refractivity contribution in [3.8, 4) is 0 Å². The van der Waals surface area contributed by atoms with E-state index in [1.807, 2.05) is 0 Å². The summed E-state index contributed by atoms with van der Waals surface area (Å²) in [5.41, 5.74) is 0. The van der Waals surface area contributed by atoms with E-state index in [4.69, 9.17) is 75.8 Å². The van der Waals surface area contributed by atoms with Gasteiger partial charge >= 0.3 is 0 Å². The maximum Gasteiger partial charge on any atom is 0.181 e. The maximum atomic E-state index is 11.9. The van der Waals surface area contributed by atoms with Crippen LogP contribution in [0.15, 0.2) is 48.6 Å². The summed E-state index contributed by atoms with van der Waals surface area (Å²) in [4.78, 5) is 0. The van der Waals surface area contributed by atoms with E-state index in [1.165, 1.54) is 0 Å². The van der Waals surface area contributed by atoms with Crippen LogP contribution in [0.3, 0.4) is 0 Å². The topological polar surface area (TPSA) is 148 Å². The van der Waals surface area contributed by atoms with Crippen molar-refractivity contribution in [3.63, 3.8) is 0 Å². The number of hydrogen-bond acceptors (Lipinski definition) is 16. The molecule has 440 valence electrons. The van der Waals surface area contributed by atoms with E-state index in [9.17, 15) is 13.2 Å². The van der Waals surface area contributed by atoms with E-state index < -0.39 is 20.0 Å². The summed E-state index contributed by atoms with van der Waals surface area (Å²) in [6.07, 6.45) is 36.3. The van der Waals surface area contributed by atoms with Gasteiger partial charge in [0.15, 0.2) is 25.2 Å². The van der Waals surface area contributed by atoms with Gasteiger partial charge in [0.1, 0.15) is 20.0 Å². The second kappa shape index (κ2) is 42.9. The molecule has 0 N–H and O–H groups in total. The number of halogens is 3. The summed E-state index contributed by atoms with van der Waals surface area (Å²) in [5, 5.41) is 0. The Hall–Kier alpha value is -1.89. The molecule has 76 heavy (non-hydrogen) atoms. The van der Waals surface area contributed by atoms with Crippen LogP contribution in [0.4, 0.5) is 13.2 Å². The van der Waals surface area contributed by atoms with E-state index in [0.29, 0.717) is 79.3 Å². The van der Waals surface area contributed by atoms with Crippen LogP contribution in [-0.4, -0.2) is 200 Å². The van der Waals surface area contributed by atoms with Gasteiger partial charge in [-0.2, -0.15) is 0 Å².